The number of furan rings is 1. The van der Waals surface area contributed by atoms with Crippen LogP contribution < -0.4 is 5.32 Å². The fourth-order valence-corrected chi connectivity index (χ4v) is 1.38. The van der Waals surface area contributed by atoms with Gasteiger partial charge in [-0.15, -0.1) is 0 Å². The molecule has 15 heavy (non-hydrogen) atoms. The first-order chi connectivity index (χ1) is 7.42. The molecule has 0 spiro atoms. The highest BCUT2D eigenvalue weighted by Gasteiger charge is 2.08. The third-order valence-corrected chi connectivity index (χ3v) is 2.12. The Kier molecular flexibility index (Phi) is 3.09. The van der Waals surface area contributed by atoms with Gasteiger partial charge in [-0.3, -0.25) is 9.97 Å². The van der Waals surface area contributed by atoms with Crippen LogP contribution in [0.2, 0.25) is 0 Å². The Balaban J connectivity index is 2.25. The smallest absolute Gasteiger partial charge is 0.126 e. The molecular formula is C11H13N3O. The molecule has 0 amide bonds. The lowest BCUT2D eigenvalue weighted by molar-refractivity contribution is 0.489. The van der Waals surface area contributed by atoms with E-state index in [0.717, 1.165) is 30.1 Å². The Morgan fingerprint density at radius 3 is 3.07 bits per heavy atom. The first-order valence-corrected chi connectivity index (χ1v) is 4.95. The van der Waals surface area contributed by atoms with Crippen LogP contribution in [0.3, 0.4) is 0 Å². The number of aromatic nitrogens is 2. The van der Waals surface area contributed by atoms with E-state index in [1.54, 1.807) is 24.9 Å². The van der Waals surface area contributed by atoms with Crippen LogP contribution in [-0.4, -0.2) is 16.5 Å². The van der Waals surface area contributed by atoms with Gasteiger partial charge < -0.3 is 9.73 Å². The van der Waals surface area contributed by atoms with E-state index >= 15 is 0 Å². The lowest BCUT2D eigenvalue weighted by Gasteiger charge is -2.01. The summed E-state index contributed by atoms with van der Waals surface area (Å²) in [6.45, 7) is 3.70. The Morgan fingerprint density at radius 1 is 1.40 bits per heavy atom. The van der Waals surface area contributed by atoms with Gasteiger partial charge in [-0.1, -0.05) is 6.92 Å². The Bertz CT molecular complexity index is 411. The van der Waals surface area contributed by atoms with E-state index in [9.17, 15) is 0 Å². The largest absolute Gasteiger partial charge is 0.467 e. The summed E-state index contributed by atoms with van der Waals surface area (Å²) in [4.78, 5) is 8.28. The summed E-state index contributed by atoms with van der Waals surface area (Å²) in [6, 6.07) is 1.91. The first kappa shape index (κ1) is 9.86. The summed E-state index contributed by atoms with van der Waals surface area (Å²) < 4.78 is 5.39. The number of rotatable bonds is 4. The lowest BCUT2D eigenvalue weighted by atomic mass is 10.2. The Hall–Kier alpha value is -1.68. The summed E-state index contributed by atoms with van der Waals surface area (Å²) in [5, 5.41) is 3.22. The van der Waals surface area contributed by atoms with Crippen LogP contribution >= 0.6 is 0 Å². The number of nitrogens with one attached hydrogen (secondary N) is 1. The van der Waals surface area contributed by atoms with Gasteiger partial charge in [0, 0.05) is 18.0 Å². The van der Waals surface area contributed by atoms with E-state index in [1.807, 2.05) is 6.07 Å². The molecule has 0 saturated carbocycles. The van der Waals surface area contributed by atoms with Gasteiger partial charge in [0.15, 0.2) is 0 Å². The molecule has 4 heteroatoms. The van der Waals surface area contributed by atoms with Crippen molar-refractivity contribution in [3.63, 3.8) is 0 Å². The molecule has 0 aromatic carbocycles. The molecule has 2 aromatic heterocycles. The predicted octanol–water partition coefficient (Wildman–Crippen LogP) is 1.85. The van der Waals surface area contributed by atoms with E-state index in [2.05, 4.69) is 22.2 Å². The SMILES string of the molecule is CCNCc1occc1-c1cnccn1. The summed E-state index contributed by atoms with van der Waals surface area (Å²) >= 11 is 0. The standard InChI is InChI=1S/C11H13N3O/c1-2-12-8-11-9(3-6-15-11)10-7-13-4-5-14-10/h3-7,12H,2,8H2,1H3. The van der Waals surface area contributed by atoms with E-state index in [4.69, 9.17) is 4.42 Å². The summed E-state index contributed by atoms with van der Waals surface area (Å²) in [6.07, 6.45) is 6.75. The molecule has 2 rings (SSSR count). The monoisotopic (exact) mass is 203 g/mol. The van der Waals surface area contributed by atoms with Crippen molar-refractivity contribution in [1.29, 1.82) is 0 Å². The van der Waals surface area contributed by atoms with Gasteiger partial charge in [-0.2, -0.15) is 0 Å². The Morgan fingerprint density at radius 2 is 2.33 bits per heavy atom. The summed E-state index contributed by atoms with van der Waals surface area (Å²) in [5.41, 5.74) is 1.85. The fraction of sp³-hybridized carbons (Fsp3) is 0.273. The average Bonchev–Trinajstić information content (AvgIpc) is 2.75. The maximum Gasteiger partial charge on any atom is 0.126 e. The normalized spacial score (nSPS) is 10.5. The van der Waals surface area contributed by atoms with Gasteiger partial charge in [0.25, 0.3) is 0 Å². The van der Waals surface area contributed by atoms with E-state index in [0.29, 0.717) is 0 Å². The molecule has 0 aliphatic heterocycles. The van der Waals surface area contributed by atoms with Crippen LogP contribution in [0.4, 0.5) is 0 Å². The van der Waals surface area contributed by atoms with Gasteiger partial charge in [0.05, 0.1) is 24.7 Å². The molecule has 0 unspecified atom stereocenters. The molecule has 2 heterocycles. The first-order valence-electron chi connectivity index (χ1n) is 4.95. The van der Waals surface area contributed by atoms with Crippen molar-refractivity contribution in [1.82, 2.24) is 15.3 Å². The minimum atomic E-state index is 0.718. The highest BCUT2D eigenvalue weighted by Crippen LogP contribution is 2.21. The fourth-order valence-electron chi connectivity index (χ4n) is 1.38. The van der Waals surface area contributed by atoms with Crippen LogP contribution in [0, 0.1) is 0 Å². The van der Waals surface area contributed by atoms with Crippen molar-refractivity contribution in [3.05, 3.63) is 36.7 Å². The molecule has 0 atom stereocenters. The lowest BCUT2D eigenvalue weighted by Crippen LogP contribution is -2.11. The highest BCUT2D eigenvalue weighted by atomic mass is 16.3. The minimum Gasteiger partial charge on any atom is -0.467 e. The molecule has 78 valence electrons. The zero-order valence-electron chi connectivity index (χ0n) is 8.60. The quantitative estimate of drug-likeness (QED) is 0.823. The van der Waals surface area contributed by atoms with Gasteiger partial charge >= 0.3 is 0 Å². The van der Waals surface area contributed by atoms with Crippen molar-refractivity contribution in [3.8, 4) is 11.3 Å². The second-order valence-electron chi connectivity index (χ2n) is 3.13. The van der Waals surface area contributed by atoms with Crippen molar-refractivity contribution in [2.24, 2.45) is 0 Å². The molecule has 0 radical (unpaired) electrons. The van der Waals surface area contributed by atoms with Crippen molar-refractivity contribution < 1.29 is 4.42 Å². The zero-order chi connectivity index (χ0) is 10.5. The van der Waals surface area contributed by atoms with E-state index in [1.165, 1.54) is 0 Å². The molecule has 0 fully saturated rings. The molecular weight excluding hydrogens is 190 g/mol. The molecule has 2 aromatic rings. The van der Waals surface area contributed by atoms with Crippen molar-refractivity contribution >= 4 is 0 Å². The summed E-state index contributed by atoms with van der Waals surface area (Å²) in [5.74, 6) is 0.900. The van der Waals surface area contributed by atoms with E-state index in [-0.39, 0.29) is 0 Å². The molecule has 4 nitrogen and oxygen atoms in total. The molecule has 0 aliphatic rings. The van der Waals surface area contributed by atoms with E-state index < -0.39 is 0 Å². The average molecular weight is 203 g/mol. The second-order valence-corrected chi connectivity index (χ2v) is 3.13. The van der Waals surface area contributed by atoms with Gasteiger partial charge in [0.2, 0.25) is 0 Å². The maximum absolute atomic E-state index is 5.39. The molecule has 1 N–H and O–H groups in total. The second kappa shape index (κ2) is 4.70. The zero-order valence-corrected chi connectivity index (χ0v) is 8.60. The van der Waals surface area contributed by atoms with Gasteiger partial charge in [0.1, 0.15) is 5.76 Å². The van der Waals surface area contributed by atoms with Crippen LogP contribution in [0.1, 0.15) is 12.7 Å². The molecule has 0 aliphatic carbocycles. The van der Waals surface area contributed by atoms with Crippen LogP contribution in [-0.2, 0) is 6.54 Å². The summed E-state index contributed by atoms with van der Waals surface area (Å²) in [7, 11) is 0. The number of hydrogen-bond donors (Lipinski definition) is 1. The number of hydrogen-bond acceptors (Lipinski definition) is 4. The Labute approximate surface area is 88.4 Å². The highest BCUT2D eigenvalue weighted by molar-refractivity contribution is 5.59. The molecule has 0 saturated heterocycles. The number of nitrogens with zero attached hydrogens (tertiary/aromatic N) is 2. The van der Waals surface area contributed by atoms with Crippen LogP contribution in [0.25, 0.3) is 11.3 Å². The van der Waals surface area contributed by atoms with Gasteiger partial charge in [-0.25, -0.2) is 0 Å². The third kappa shape index (κ3) is 2.22. The third-order valence-electron chi connectivity index (χ3n) is 2.12. The van der Waals surface area contributed by atoms with Crippen molar-refractivity contribution in [2.45, 2.75) is 13.5 Å². The topological polar surface area (TPSA) is 51.0 Å². The molecule has 0 bridgehead atoms. The maximum atomic E-state index is 5.39. The van der Waals surface area contributed by atoms with Crippen LogP contribution in [0.5, 0.6) is 0 Å². The minimum absolute atomic E-state index is 0.718. The van der Waals surface area contributed by atoms with Crippen LogP contribution in [0.15, 0.2) is 35.3 Å². The van der Waals surface area contributed by atoms with Gasteiger partial charge in [-0.05, 0) is 12.6 Å². The predicted molar refractivity (Wildman–Crippen MR) is 57.1 cm³/mol. The van der Waals surface area contributed by atoms with Crippen molar-refractivity contribution in [2.75, 3.05) is 6.54 Å².